The molecule has 0 aromatic heterocycles. The van der Waals surface area contributed by atoms with Crippen molar-refractivity contribution in [1.29, 1.82) is 0 Å². The molecule has 1 N–H and O–H groups in total. The minimum absolute atomic E-state index is 0.0681. The number of aliphatic hydroxyl groups is 1. The minimum atomic E-state index is -0.559. The third kappa shape index (κ3) is 5.65. The number of esters is 1. The van der Waals surface area contributed by atoms with E-state index in [1.807, 2.05) is 0 Å². The van der Waals surface area contributed by atoms with Gasteiger partial charge >= 0.3 is 5.97 Å². The molecule has 0 amide bonds. The predicted octanol–water partition coefficient (Wildman–Crippen LogP) is 3.55. The molecule has 0 aliphatic carbocycles. The van der Waals surface area contributed by atoms with Crippen molar-refractivity contribution in [2.75, 3.05) is 6.61 Å². The summed E-state index contributed by atoms with van der Waals surface area (Å²) in [6.45, 7) is 2.18. The maximum Gasteiger partial charge on any atom is 0.338 e. The van der Waals surface area contributed by atoms with E-state index in [9.17, 15) is 9.90 Å². The largest absolute Gasteiger partial charge is 0.459 e. The highest BCUT2D eigenvalue weighted by Gasteiger charge is 2.10. The first-order valence-electron chi connectivity index (χ1n) is 6.24. The molecular weight excluding hydrogens is 296 g/mol. The van der Waals surface area contributed by atoms with Crippen LogP contribution in [0.2, 0.25) is 0 Å². The minimum Gasteiger partial charge on any atom is -0.459 e. The van der Waals surface area contributed by atoms with E-state index < -0.39 is 12.1 Å². The van der Waals surface area contributed by atoms with Gasteiger partial charge in [-0.05, 0) is 30.7 Å². The molecular formula is C14H19BrO3. The van der Waals surface area contributed by atoms with Crippen molar-refractivity contribution >= 4 is 21.9 Å². The summed E-state index contributed by atoms with van der Waals surface area (Å²) < 4.78 is 5.97. The number of carbonyl (C=O) groups excluding carboxylic acids is 1. The van der Waals surface area contributed by atoms with Crippen molar-refractivity contribution in [2.24, 2.45) is 0 Å². The smallest absolute Gasteiger partial charge is 0.338 e. The van der Waals surface area contributed by atoms with E-state index in [0.29, 0.717) is 12.0 Å². The Morgan fingerprint density at radius 1 is 1.33 bits per heavy atom. The number of halogens is 1. The molecule has 0 saturated carbocycles. The van der Waals surface area contributed by atoms with Gasteiger partial charge in [0.05, 0.1) is 11.7 Å². The third-order valence-electron chi connectivity index (χ3n) is 2.63. The number of carbonyl (C=O) groups is 1. The lowest BCUT2D eigenvalue weighted by atomic mass is 10.1. The summed E-state index contributed by atoms with van der Waals surface area (Å²) in [7, 11) is 0. The van der Waals surface area contributed by atoms with Crippen molar-refractivity contribution < 1.29 is 14.6 Å². The highest BCUT2D eigenvalue weighted by molar-refractivity contribution is 9.10. The Balaban J connectivity index is 2.30. The zero-order valence-electron chi connectivity index (χ0n) is 10.6. The van der Waals surface area contributed by atoms with Crippen LogP contribution in [-0.4, -0.2) is 23.8 Å². The lowest BCUT2D eigenvalue weighted by Crippen LogP contribution is -2.18. The molecule has 100 valence electrons. The van der Waals surface area contributed by atoms with E-state index in [0.717, 1.165) is 23.7 Å². The standard InChI is InChI=1S/C14H19BrO3/c1-2-3-4-5-13(16)10-18-14(17)11-6-8-12(15)9-7-11/h6-9,13,16H,2-5,10H2,1H3/t13-/m0/s1. The van der Waals surface area contributed by atoms with Gasteiger partial charge in [-0.3, -0.25) is 0 Å². The van der Waals surface area contributed by atoms with Gasteiger partial charge < -0.3 is 9.84 Å². The molecule has 3 nitrogen and oxygen atoms in total. The fourth-order valence-corrected chi connectivity index (χ4v) is 1.82. The van der Waals surface area contributed by atoms with Crippen LogP contribution < -0.4 is 0 Å². The fraction of sp³-hybridized carbons (Fsp3) is 0.500. The number of ether oxygens (including phenoxy) is 1. The topological polar surface area (TPSA) is 46.5 Å². The van der Waals surface area contributed by atoms with E-state index >= 15 is 0 Å². The molecule has 1 atom stereocenters. The molecule has 1 rings (SSSR count). The second-order valence-corrected chi connectivity index (χ2v) is 5.17. The van der Waals surface area contributed by atoms with Gasteiger partial charge in [-0.2, -0.15) is 0 Å². The summed E-state index contributed by atoms with van der Waals surface area (Å²) >= 11 is 3.30. The summed E-state index contributed by atoms with van der Waals surface area (Å²) in [5, 5.41) is 9.63. The van der Waals surface area contributed by atoms with Crippen molar-refractivity contribution in [3.8, 4) is 0 Å². The average Bonchev–Trinajstić information content (AvgIpc) is 2.37. The van der Waals surface area contributed by atoms with Crippen LogP contribution >= 0.6 is 15.9 Å². The van der Waals surface area contributed by atoms with Crippen LogP contribution in [0.1, 0.15) is 43.0 Å². The first-order valence-corrected chi connectivity index (χ1v) is 7.03. The van der Waals surface area contributed by atoms with Crippen LogP contribution in [0.15, 0.2) is 28.7 Å². The number of unbranched alkanes of at least 4 members (excludes halogenated alkanes) is 2. The molecule has 0 aliphatic heterocycles. The molecule has 4 heteroatoms. The van der Waals surface area contributed by atoms with E-state index in [-0.39, 0.29) is 6.61 Å². The van der Waals surface area contributed by atoms with Crippen molar-refractivity contribution in [2.45, 2.75) is 38.7 Å². The SMILES string of the molecule is CCCCC[C@H](O)COC(=O)c1ccc(Br)cc1. The van der Waals surface area contributed by atoms with Crippen LogP contribution in [0.3, 0.4) is 0 Å². The van der Waals surface area contributed by atoms with E-state index in [2.05, 4.69) is 22.9 Å². The van der Waals surface area contributed by atoms with E-state index in [1.54, 1.807) is 24.3 Å². The first kappa shape index (κ1) is 15.2. The second-order valence-electron chi connectivity index (χ2n) is 4.25. The molecule has 1 aromatic rings. The van der Waals surface area contributed by atoms with Crippen LogP contribution in [-0.2, 0) is 4.74 Å². The first-order chi connectivity index (χ1) is 8.63. The zero-order valence-corrected chi connectivity index (χ0v) is 12.1. The molecule has 0 radical (unpaired) electrons. The quantitative estimate of drug-likeness (QED) is 0.618. The monoisotopic (exact) mass is 314 g/mol. The lowest BCUT2D eigenvalue weighted by Gasteiger charge is -2.11. The van der Waals surface area contributed by atoms with Gasteiger partial charge in [0.2, 0.25) is 0 Å². The van der Waals surface area contributed by atoms with Gasteiger partial charge in [-0.25, -0.2) is 4.79 Å². The molecule has 0 heterocycles. The average molecular weight is 315 g/mol. The highest BCUT2D eigenvalue weighted by Crippen LogP contribution is 2.12. The van der Waals surface area contributed by atoms with E-state index in [4.69, 9.17) is 4.74 Å². The number of aliphatic hydroxyl groups excluding tert-OH is 1. The Morgan fingerprint density at radius 3 is 2.61 bits per heavy atom. The number of hydrogen-bond acceptors (Lipinski definition) is 3. The number of benzene rings is 1. The maximum atomic E-state index is 11.6. The molecule has 0 saturated heterocycles. The molecule has 0 fully saturated rings. The molecule has 0 unspecified atom stereocenters. The number of rotatable bonds is 7. The molecule has 18 heavy (non-hydrogen) atoms. The van der Waals surface area contributed by atoms with Gasteiger partial charge in [0, 0.05) is 4.47 Å². The number of hydrogen-bond donors (Lipinski definition) is 1. The van der Waals surface area contributed by atoms with Crippen LogP contribution in [0.4, 0.5) is 0 Å². The summed E-state index contributed by atoms with van der Waals surface area (Å²) in [6, 6.07) is 6.95. The molecule has 0 aliphatic rings. The second kappa shape index (κ2) is 8.27. The molecule has 1 aromatic carbocycles. The Kier molecular flexibility index (Phi) is 6.98. The Hall–Kier alpha value is -0.870. The Bertz CT molecular complexity index is 362. The van der Waals surface area contributed by atoms with E-state index in [1.165, 1.54) is 0 Å². The summed E-state index contributed by atoms with van der Waals surface area (Å²) in [5.74, 6) is -0.392. The fourth-order valence-electron chi connectivity index (χ4n) is 1.55. The predicted molar refractivity (Wildman–Crippen MR) is 74.6 cm³/mol. The van der Waals surface area contributed by atoms with Crippen molar-refractivity contribution in [3.63, 3.8) is 0 Å². The third-order valence-corrected chi connectivity index (χ3v) is 3.16. The van der Waals surface area contributed by atoms with Gasteiger partial charge in [-0.15, -0.1) is 0 Å². The van der Waals surface area contributed by atoms with Crippen LogP contribution in [0, 0.1) is 0 Å². The van der Waals surface area contributed by atoms with Gasteiger partial charge in [-0.1, -0.05) is 42.1 Å². The van der Waals surface area contributed by atoms with Crippen LogP contribution in [0.5, 0.6) is 0 Å². The normalized spacial score (nSPS) is 12.2. The van der Waals surface area contributed by atoms with Crippen molar-refractivity contribution in [1.82, 2.24) is 0 Å². The molecule has 0 spiro atoms. The summed E-state index contributed by atoms with van der Waals surface area (Å²) in [5.41, 5.74) is 0.499. The van der Waals surface area contributed by atoms with Crippen molar-refractivity contribution in [3.05, 3.63) is 34.3 Å². The maximum absolute atomic E-state index is 11.6. The zero-order chi connectivity index (χ0) is 13.4. The summed E-state index contributed by atoms with van der Waals surface area (Å²) in [4.78, 5) is 11.6. The summed E-state index contributed by atoms with van der Waals surface area (Å²) in [6.07, 6.45) is 3.30. The van der Waals surface area contributed by atoms with Crippen LogP contribution in [0.25, 0.3) is 0 Å². The Labute approximate surface area is 116 Å². The Morgan fingerprint density at radius 2 is 2.00 bits per heavy atom. The van der Waals surface area contributed by atoms with Gasteiger partial charge in [0.15, 0.2) is 0 Å². The lowest BCUT2D eigenvalue weighted by molar-refractivity contribution is 0.0233. The highest BCUT2D eigenvalue weighted by atomic mass is 79.9. The van der Waals surface area contributed by atoms with Gasteiger partial charge in [0.1, 0.15) is 6.61 Å². The van der Waals surface area contributed by atoms with Gasteiger partial charge in [0.25, 0.3) is 0 Å². The molecule has 0 bridgehead atoms.